The van der Waals surface area contributed by atoms with Gasteiger partial charge < -0.3 is 5.32 Å². The first kappa shape index (κ1) is 19.1. The van der Waals surface area contributed by atoms with Crippen LogP contribution in [0.4, 0.5) is 5.69 Å². The van der Waals surface area contributed by atoms with Crippen LogP contribution in [0.15, 0.2) is 47.4 Å². The molecule has 9 heteroatoms. The maximum Gasteiger partial charge on any atom is 0.261 e. The molecular formula is C18H15ClN2O5S. The molecule has 140 valence electrons. The summed E-state index contributed by atoms with van der Waals surface area (Å²) < 4.78 is 23.2. The normalized spacial score (nSPS) is 13.6. The van der Waals surface area contributed by atoms with Crippen molar-refractivity contribution in [1.82, 2.24) is 4.90 Å². The molecule has 0 bridgehead atoms. The van der Waals surface area contributed by atoms with Crippen molar-refractivity contribution in [3.8, 4) is 0 Å². The summed E-state index contributed by atoms with van der Waals surface area (Å²) in [6.07, 6.45) is 0.898. The number of sulfone groups is 1. The minimum atomic E-state index is -3.46. The summed E-state index contributed by atoms with van der Waals surface area (Å²) in [6, 6.07) is 10.4. The molecule has 27 heavy (non-hydrogen) atoms. The summed E-state index contributed by atoms with van der Waals surface area (Å²) in [5.74, 6) is -1.39. The number of rotatable bonds is 5. The Morgan fingerprint density at radius 2 is 1.67 bits per heavy atom. The fraction of sp³-hybridized carbons (Fsp3) is 0.167. The Balaban J connectivity index is 1.68. The molecule has 3 amide bonds. The molecule has 3 rings (SSSR count). The average molecular weight is 407 g/mol. The summed E-state index contributed by atoms with van der Waals surface area (Å²) in [5, 5.41) is 2.69. The number of carbonyl (C=O) groups is 3. The van der Waals surface area contributed by atoms with Crippen molar-refractivity contribution in [1.29, 1.82) is 0 Å². The highest BCUT2D eigenvalue weighted by Crippen LogP contribution is 2.26. The maximum atomic E-state index is 12.3. The zero-order chi connectivity index (χ0) is 19.8. The van der Waals surface area contributed by atoms with Crippen LogP contribution >= 0.6 is 11.6 Å². The number of halogens is 1. The largest absolute Gasteiger partial charge is 0.325 e. The minimum Gasteiger partial charge on any atom is -0.325 e. The first-order chi connectivity index (χ1) is 12.7. The van der Waals surface area contributed by atoms with Crippen molar-refractivity contribution < 1.29 is 22.8 Å². The number of benzene rings is 2. The Bertz CT molecular complexity index is 1030. The van der Waals surface area contributed by atoms with E-state index in [4.69, 9.17) is 11.6 Å². The van der Waals surface area contributed by atoms with Crippen molar-refractivity contribution in [3.63, 3.8) is 0 Å². The Morgan fingerprint density at radius 3 is 2.22 bits per heavy atom. The van der Waals surface area contributed by atoms with Gasteiger partial charge in [-0.3, -0.25) is 19.3 Å². The van der Waals surface area contributed by atoms with Crippen LogP contribution in [0.3, 0.4) is 0 Å². The molecule has 1 aliphatic rings. The van der Waals surface area contributed by atoms with Gasteiger partial charge in [-0.1, -0.05) is 23.7 Å². The summed E-state index contributed by atoms with van der Waals surface area (Å²) in [4.78, 5) is 37.8. The average Bonchev–Trinajstić information content (AvgIpc) is 2.85. The van der Waals surface area contributed by atoms with Gasteiger partial charge in [-0.15, -0.1) is 0 Å². The summed E-state index contributed by atoms with van der Waals surface area (Å²) in [7, 11) is -3.46. The van der Waals surface area contributed by atoms with Crippen LogP contribution in [-0.4, -0.2) is 43.8 Å². The second-order valence-electron chi connectivity index (χ2n) is 6.02. The van der Waals surface area contributed by atoms with Gasteiger partial charge in [-0.2, -0.15) is 0 Å². The lowest BCUT2D eigenvalue weighted by atomic mass is 10.1. The van der Waals surface area contributed by atoms with Gasteiger partial charge in [0.2, 0.25) is 5.91 Å². The van der Waals surface area contributed by atoms with Crippen LogP contribution in [0.2, 0.25) is 5.02 Å². The molecule has 7 nitrogen and oxygen atoms in total. The number of imide groups is 1. The highest BCUT2D eigenvalue weighted by Gasteiger charge is 2.34. The lowest BCUT2D eigenvalue weighted by Crippen LogP contribution is -2.32. The van der Waals surface area contributed by atoms with Gasteiger partial charge in [0.25, 0.3) is 11.8 Å². The highest BCUT2D eigenvalue weighted by atomic mass is 35.5. The van der Waals surface area contributed by atoms with Crippen LogP contribution in [0, 0.1) is 0 Å². The Morgan fingerprint density at radius 1 is 1.07 bits per heavy atom. The fourth-order valence-corrected chi connectivity index (χ4v) is 3.51. The summed E-state index contributed by atoms with van der Waals surface area (Å²) in [6.45, 7) is -0.0957. The lowest BCUT2D eigenvalue weighted by Gasteiger charge is -2.14. The van der Waals surface area contributed by atoms with Gasteiger partial charge in [0.1, 0.15) is 0 Å². The highest BCUT2D eigenvalue weighted by molar-refractivity contribution is 7.90. The van der Waals surface area contributed by atoms with Crippen molar-refractivity contribution in [2.75, 3.05) is 18.1 Å². The molecule has 0 saturated carbocycles. The standard InChI is InChI=1S/C18H15ClN2O5S/c1-27(25,26)11-6-7-14(19)15(10-11)20-16(22)8-9-21-17(23)12-4-2-3-5-13(12)18(21)24/h2-7,10H,8-9H2,1H3,(H,20,22). The minimum absolute atomic E-state index is 0.0162. The zero-order valence-electron chi connectivity index (χ0n) is 14.2. The number of nitrogens with zero attached hydrogens (tertiary/aromatic N) is 1. The van der Waals surface area contributed by atoms with Crippen LogP contribution in [0.5, 0.6) is 0 Å². The van der Waals surface area contributed by atoms with E-state index in [0.717, 1.165) is 11.2 Å². The second kappa shape index (κ2) is 7.13. The molecule has 0 spiro atoms. The third-order valence-electron chi connectivity index (χ3n) is 4.08. The third-order valence-corrected chi connectivity index (χ3v) is 5.52. The van der Waals surface area contributed by atoms with Crippen molar-refractivity contribution in [2.24, 2.45) is 0 Å². The second-order valence-corrected chi connectivity index (χ2v) is 8.44. The number of anilines is 1. The molecule has 0 atom stereocenters. The molecule has 1 aliphatic heterocycles. The van der Waals surface area contributed by atoms with E-state index < -0.39 is 27.6 Å². The quantitative estimate of drug-likeness (QED) is 0.768. The van der Waals surface area contributed by atoms with Crippen LogP contribution < -0.4 is 5.32 Å². The van der Waals surface area contributed by atoms with Crippen molar-refractivity contribution >= 4 is 44.8 Å². The van der Waals surface area contributed by atoms with E-state index in [2.05, 4.69) is 5.32 Å². The first-order valence-electron chi connectivity index (χ1n) is 7.93. The molecule has 0 unspecified atom stereocenters. The van der Waals surface area contributed by atoms with E-state index in [1.807, 2.05) is 0 Å². The Labute approximate surface area is 160 Å². The van der Waals surface area contributed by atoms with E-state index in [-0.39, 0.29) is 28.6 Å². The Hall–Kier alpha value is -2.71. The maximum absolute atomic E-state index is 12.3. The number of amides is 3. The van der Waals surface area contributed by atoms with Gasteiger partial charge in [0.05, 0.1) is 26.7 Å². The SMILES string of the molecule is CS(=O)(=O)c1ccc(Cl)c(NC(=O)CCN2C(=O)c3ccccc3C2=O)c1. The molecular weight excluding hydrogens is 392 g/mol. The van der Waals surface area contributed by atoms with E-state index in [1.165, 1.54) is 18.2 Å². The van der Waals surface area contributed by atoms with Crippen LogP contribution in [-0.2, 0) is 14.6 Å². The van der Waals surface area contributed by atoms with Crippen molar-refractivity contribution in [2.45, 2.75) is 11.3 Å². The summed E-state index contributed by atoms with van der Waals surface area (Å²) >= 11 is 6.00. The molecule has 0 radical (unpaired) electrons. The molecule has 0 aliphatic carbocycles. The predicted molar refractivity (Wildman–Crippen MR) is 99.6 cm³/mol. The number of hydrogen-bond donors (Lipinski definition) is 1. The van der Waals surface area contributed by atoms with E-state index >= 15 is 0 Å². The van der Waals surface area contributed by atoms with Gasteiger partial charge >= 0.3 is 0 Å². The zero-order valence-corrected chi connectivity index (χ0v) is 15.8. The van der Waals surface area contributed by atoms with Gasteiger partial charge in [-0.25, -0.2) is 8.42 Å². The molecule has 2 aromatic carbocycles. The topological polar surface area (TPSA) is 101 Å². The fourth-order valence-electron chi connectivity index (χ4n) is 2.70. The van der Waals surface area contributed by atoms with E-state index in [9.17, 15) is 22.8 Å². The van der Waals surface area contributed by atoms with Gasteiger partial charge in [-0.05, 0) is 30.3 Å². The number of nitrogens with one attached hydrogen (secondary N) is 1. The number of fused-ring (bicyclic) bond motifs is 1. The van der Waals surface area contributed by atoms with Crippen molar-refractivity contribution in [3.05, 3.63) is 58.6 Å². The molecule has 0 aromatic heterocycles. The molecule has 2 aromatic rings. The molecule has 1 N–H and O–H groups in total. The van der Waals surface area contributed by atoms with E-state index in [1.54, 1.807) is 24.3 Å². The van der Waals surface area contributed by atoms with Gasteiger partial charge in [0, 0.05) is 19.2 Å². The lowest BCUT2D eigenvalue weighted by molar-refractivity contribution is -0.116. The van der Waals surface area contributed by atoms with Crippen LogP contribution in [0.1, 0.15) is 27.1 Å². The molecule has 1 heterocycles. The monoisotopic (exact) mass is 406 g/mol. The van der Waals surface area contributed by atoms with Crippen LogP contribution in [0.25, 0.3) is 0 Å². The molecule has 0 saturated heterocycles. The third kappa shape index (κ3) is 3.86. The smallest absolute Gasteiger partial charge is 0.261 e. The summed E-state index contributed by atoms with van der Waals surface area (Å²) in [5.41, 5.74) is 0.769. The van der Waals surface area contributed by atoms with Gasteiger partial charge in [0.15, 0.2) is 9.84 Å². The number of carbonyl (C=O) groups excluding carboxylic acids is 3. The molecule has 0 fully saturated rings. The number of hydrogen-bond acceptors (Lipinski definition) is 5. The van der Waals surface area contributed by atoms with E-state index in [0.29, 0.717) is 11.1 Å². The Kier molecular flexibility index (Phi) is 5.03. The first-order valence-corrected chi connectivity index (χ1v) is 10.2. The predicted octanol–water partition coefficient (Wildman–Crippen LogP) is 2.37.